The average Bonchev–Trinajstić information content (AvgIpc) is 3.56. The normalized spacial score (nSPS) is 25.6. The van der Waals surface area contributed by atoms with Crippen molar-refractivity contribution in [1.29, 1.82) is 0 Å². The Labute approximate surface area is 198 Å². The third-order valence-electron chi connectivity index (χ3n) is 8.34. The molecule has 0 aromatic heterocycles. The lowest BCUT2D eigenvalue weighted by Crippen LogP contribution is -2.57. The molecule has 1 amide bonds. The molecule has 3 saturated heterocycles. The Balaban J connectivity index is 1.17. The zero-order chi connectivity index (χ0) is 22.9. The van der Waals surface area contributed by atoms with Crippen molar-refractivity contribution < 1.29 is 13.9 Å². The van der Waals surface area contributed by atoms with Gasteiger partial charge in [0, 0.05) is 24.8 Å². The highest BCUT2D eigenvalue weighted by molar-refractivity contribution is 5.94. The van der Waals surface area contributed by atoms with Crippen molar-refractivity contribution >= 4 is 22.4 Å². The number of amides is 1. The molecule has 174 valence electrons. The molecule has 3 heterocycles. The van der Waals surface area contributed by atoms with Crippen LogP contribution in [0.5, 0.6) is 0 Å². The van der Waals surface area contributed by atoms with Crippen molar-refractivity contribution in [1.82, 2.24) is 9.80 Å². The molecule has 2 unspecified atom stereocenters. The number of nitrogens with zero attached hydrogens (tertiary/aromatic N) is 3. The Morgan fingerprint density at radius 1 is 1.00 bits per heavy atom. The Bertz CT molecular complexity index is 1260. The number of hydrogen-bond donors (Lipinski definition) is 0. The lowest BCUT2D eigenvalue weighted by atomic mass is 9.84. The minimum atomic E-state index is -0.569. The Morgan fingerprint density at radius 2 is 1.74 bits per heavy atom. The molecule has 1 aliphatic carbocycles. The summed E-state index contributed by atoms with van der Waals surface area (Å²) in [4.78, 5) is 20.5. The molecule has 3 aromatic rings. The fraction of sp³-hybridized carbons (Fsp3) is 0.393. The zero-order valence-corrected chi connectivity index (χ0v) is 19.1. The highest BCUT2D eigenvalue weighted by atomic mass is 19.1. The van der Waals surface area contributed by atoms with E-state index in [9.17, 15) is 9.18 Å². The van der Waals surface area contributed by atoms with Gasteiger partial charge in [-0.1, -0.05) is 36.4 Å². The Kier molecular flexibility index (Phi) is 4.52. The summed E-state index contributed by atoms with van der Waals surface area (Å²) in [6.45, 7) is 3.65. The van der Waals surface area contributed by atoms with E-state index in [1.807, 2.05) is 17.0 Å². The number of carbonyl (C=O) groups is 1. The SMILES string of the molecule is O=C1N(CC2CO2)CN(c2ccc(F)cc2)C12CCN(C1Cc3cccc4cccc1c34)CC2. The van der Waals surface area contributed by atoms with Crippen molar-refractivity contribution in [2.45, 2.75) is 36.9 Å². The summed E-state index contributed by atoms with van der Waals surface area (Å²) < 4.78 is 19.1. The summed E-state index contributed by atoms with van der Waals surface area (Å²) >= 11 is 0. The number of ether oxygens (including phenoxy) is 1. The molecule has 2 atom stereocenters. The van der Waals surface area contributed by atoms with E-state index in [0.717, 1.165) is 44.6 Å². The van der Waals surface area contributed by atoms with Gasteiger partial charge in [0.05, 0.1) is 25.9 Å². The molecule has 1 spiro atoms. The van der Waals surface area contributed by atoms with Gasteiger partial charge < -0.3 is 14.5 Å². The van der Waals surface area contributed by atoms with Crippen LogP contribution >= 0.6 is 0 Å². The predicted molar refractivity (Wildman–Crippen MR) is 129 cm³/mol. The average molecular weight is 458 g/mol. The highest BCUT2D eigenvalue weighted by Crippen LogP contribution is 2.45. The number of anilines is 1. The van der Waals surface area contributed by atoms with Crippen LogP contribution in [0.3, 0.4) is 0 Å². The fourth-order valence-electron chi connectivity index (χ4n) is 6.52. The van der Waals surface area contributed by atoms with E-state index in [0.29, 0.717) is 19.3 Å². The molecule has 4 aliphatic rings. The zero-order valence-electron chi connectivity index (χ0n) is 19.1. The van der Waals surface area contributed by atoms with Crippen molar-refractivity contribution in [2.75, 3.05) is 37.8 Å². The van der Waals surface area contributed by atoms with E-state index in [4.69, 9.17) is 4.74 Å². The van der Waals surface area contributed by atoms with Crippen molar-refractivity contribution in [2.24, 2.45) is 0 Å². The van der Waals surface area contributed by atoms with Crippen LogP contribution in [-0.4, -0.2) is 60.3 Å². The van der Waals surface area contributed by atoms with Gasteiger partial charge >= 0.3 is 0 Å². The van der Waals surface area contributed by atoms with Crippen LogP contribution < -0.4 is 4.90 Å². The van der Waals surface area contributed by atoms with Gasteiger partial charge in [-0.2, -0.15) is 0 Å². The lowest BCUT2D eigenvalue weighted by Gasteiger charge is -2.45. The first kappa shape index (κ1) is 20.4. The van der Waals surface area contributed by atoms with Crippen LogP contribution in [0.1, 0.15) is 30.0 Å². The fourth-order valence-corrected chi connectivity index (χ4v) is 6.52. The largest absolute Gasteiger partial charge is 0.371 e. The van der Waals surface area contributed by atoms with Crippen LogP contribution in [-0.2, 0) is 16.0 Å². The third kappa shape index (κ3) is 3.08. The summed E-state index contributed by atoms with van der Waals surface area (Å²) in [7, 11) is 0. The number of rotatable bonds is 4. The molecule has 0 radical (unpaired) electrons. The van der Waals surface area contributed by atoms with Gasteiger partial charge in [-0.05, 0) is 65.4 Å². The molecule has 3 fully saturated rings. The number of benzene rings is 3. The van der Waals surface area contributed by atoms with Gasteiger partial charge in [0.2, 0.25) is 5.91 Å². The maximum Gasteiger partial charge on any atom is 0.250 e. The summed E-state index contributed by atoms with van der Waals surface area (Å²) in [5.41, 5.74) is 3.20. The molecule has 7 rings (SSSR count). The maximum atomic E-state index is 13.8. The number of piperidine rings is 1. The first-order valence-corrected chi connectivity index (χ1v) is 12.3. The summed E-state index contributed by atoms with van der Waals surface area (Å²) in [6.07, 6.45) is 2.73. The number of carbonyl (C=O) groups excluding carboxylic acids is 1. The van der Waals surface area contributed by atoms with Gasteiger partial charge in [0.1, 0.15) is 11.4 Å². The summed E-state index contributed by atoms with van der Waals surface area (Å²) in [6, 6.07) is 20.2. The van der Waals surface area contributed by atoms with Crippen LogP contribution in [0.25, 0.3) is 10.8 Å². The third-order valence-corrected chi connectivity index (χ3v) is 8.34. The molecule has 0 saturated carbocycles. The molecule has 0 bridgehead atoms. The number of hydrogen-bond acceptors (Lipinski definition) is 4. The maximum absolute atomic E-state index is 13.8. The molecule has 0 N–H and O–H groups in total. The van der Waals surface area contributed by atoms with Gasteiger partial charge in [0.15, 0.2) is 0 Å². The first-order chi connectivity index (χ1) is 16.6. The summed E-state index contributed by atoms with van der Waals surface area (Å²) in [5.74, 6) is -0.0554. The molecular weight excluding hydrogens is 429 g/mol. The molecule has 6 heteroatoms. The van der Waals surface area contributed by atoms with E-state index in [1.165, 1.54) is 34.0 Å². The van der Waals surface area contributed by atoms with Crippen LogP contribution in [0.4, 0.5) is 10.1 Å². The van der Waals surface area contributed by atoms with E-state index in [2.05, 4.69) is 46.2 Å². The lowest BCUT2D eigenvalue weighted by molar-refractivity contribution is -0.134. The van der Waals surface area contributed by atoms with Crippen molar-refractivity contribution in [3.05, 3.63) is 77.6 Å². The molecular formula is C28H28FN3O2. The van der Waals surface area contributed by atoms with E-state index < -0.39 is 5.54 Å². The second-order valence-corrected chi connectivity index (χ2v) is 10.2. The predicted octanol–water partition coefficient (Wildman–Crippen LogP) is 4.12. The van der Waals surface area contributed by atoms with E-state index in [1.54, 1.807) is 0 Å². The van der Waals surface area contributed by atoms with Crippen molar-refractivity contribution in [3.8, 4) is 0 Å². The number of epoxide rings is 1. The smallest absolute Gasteiger partial charge is 0.250 e. The minimum absolute atomic E-state index is 0.159. The molecule has 3 aliphatic heterocycles. The second kappa shape index (κ2) is 7.52. The second-order valence-electron chi connectivity index (χ2n) is 10.2. The molecule has 34 heavy (non-hydrogen) atoms. The minimum Gasteiger partial charge on any atom is -0.371 e. The van der Waals surface area contributed by atoms with Gasteiger partial charge in [-0.3, -0.25) is 9.69 Å². The number of likely N-dealkylation sites (tertiary alicyclic amines) is 1. The Morgan fingerprint density at radius 3 is 2.47 bits per heavy atom. The van der Waals surface area contributed by atoms with Gasteiger partial charge in [0.25, 0.3) is 0 Å². The van der Waals surface area contributed by atoms with E-state index >= 15 is 0 Å². The quantitative estimate of drug-likeness (QED) is 0.553. The number of halogens is 1. The highest BCUT2D eigenvalue weighted by Gasteiger charge is 2.55. The molecule has 3 aromatic carbocycles. The van der Waals surface area contributed by atoms with Crippen molar-refractivity contribution in [3.63, 3.8) is 0 Å². The Hall–Kier alpha value is -2.96. The summed E-state index contributed by atoms with van der Waals surface area (Å²) in [5, 5.41) is 2.73. The molecule has 5 nitrogen and oxygen atoms in total. The van der Waals surface area contributed by atoms with E-state index in [-0.39, 0.29) is 17.8 Å². The van der Waals surface area contributed by atoms with Crippen LogP contribution in [0.2, 0.25) is 0 Å². The topological polar surface area (TPSA) is 39.3 Å². The van der Waals surface area contributed by atoms with Crippen LogP contribution in [0, 0.1) is 5.82 Å². The first-order valence-electron chi connectivity index (χ1n) is 12.3. The monoisotopic (exact) mass is 457 g/mol. The standard InChI is InChI=1S/C28H28FN3O2/c29-21-7-9-22(10-8-21)32-18-31(16-23-17-34-23)27(33)28(32)11-13-30(14-12-28)25-15-20-5-1-3-19-4-2-6-24(25)26(19)20/h1-10,23,25H,11-18H2. The van der Waals surface area contributed by atoms with Gasteiger partial charge in [-0.15, -0.1) is 0 Å². The van der Waals surface area contributed by atoms with Crippen LogP contribution in [0.15, 0.2) is 60.7 Å². The van der Waals surface area contributed by atoms with Gasteiger partial charge in [-0.25, -0.2) is 4.39 Å².